The van der Waals surface area contributed by atoms with Gasteiger partial charge in [-0.2, -0.15) is 0 Å². The molecule has 4 heteroatoms. The predicted molar refractivity (Wildman–Crippen MR) is 81.2 cm³/mol. The summed E-state index contributed by atoms with van der Waals surface area (Å²) in [6.07, 6.45) is 5.31. The van der Waals surface area contributed by atoms with Crippen molar-refractivity contribution < 1.29 is 9.59 Å². The van der Waals surface area contributed by atoms with Gasteiger partial charge in [-0.05, 0) is 24.7 Å². The van der Waals surface area contributed by atoms with Crippen LogP contribution in [0.1, 0.15) is 66.2 Å². The average molecular weight is 282 g/mol. The number of amides is 2. The van der Waals surface area contributed by atoms with Crippen molar-refractivity contribution in [1.29, 1.82) is 0 Å². The molecule has 0 aliphatic heterocycles. The van der Waals surface area contributed by atoms with E-state index in [-0.39, 0.29) is 23.9 Å². The maximum Gasteiger partial charge on any atom is 0.220 e. The molecule has 116 valence electrons. The van der Waals surface area contributed by atoms with Gasteiger partial charge in [-0.15, -0.1) is 0 Å². The summed E-state index contributed by atoms with van der Waals surface area (Å²) in [6.45, 7) is 8.18. The number of hydrogen-bond acceptors (Lipinski definition) is 2. The summed E-state index contributed by atoms with van der Waals surface area (Å²) >= 11 is 0. The summed E-state index contributed by atoms with van der Waals surface area (Å²) < 4.78 is 0. The first-order valence-corrected chi connectivity index (χ1v) is 7.97. The minimum Gasteiger partial charge on any atom is -0.351 e. The molecule has 0 heterocycles. The van der Waals surface area contributed by atoms with E-state index in [4.69, 9.17) is 0 Å². The van der Waals surface area contributed by atoms with Crippen molar-refractivity contribution in [2.45, 2.75) is 78.3 Å². The van der Waals surface area contributed by atoms with Crippen molar-refractivity contribution in [3.8, 4) is 0 Å². The first kappa shape index (κ1) is 17.0. The Morgan fingerprint density at radius 1 is 0.850 bits per heavy atom. The highest BCUT2D eigenvalue weighted by atomic mass is 16.2. The molecule has 1 fully saturated rings. The molecule has 2 atom stereocenters. The summed E-state index contributed by atoms with van der Waals surface area (Å²) in [5.41, 5.74) is 0. The van der Waals surface area contributed by atoms with E-state index in [0.29, 0.717) is 24.7 Å². The first-order valence-electron chi connectivity index (χ1n) is 7.97. The summed E-state index contributed by atoms with van der Waals surface area (Å²) in [7, 11) is 0. The lowest BCUT2D eigenvalue weighted by atomic mass is 9.89. The van der Waals surface area contributed by atoms with E-state index in [2.05, 4.69) is 10.6 Å². The van der Waals surface area contributed by atoms with Gasteiger partial charge in [0.1, 0.15) is 0 Å². The van der Waals surface area contributed by atoms with E-state index in [0.717, 1.165) is 25.7 Å². The number of carbonyl (C=O) groups excluding carboxylic acids is 2. The summed E-state index contributed by atoms with van der Waals surface area (Å²) in [6, 6.07) is 0.206. The van der Waals surface area contributed by atoms with Crippen LogP contribution in [-0.2, 0) is 9.59 Å². The molecule has 2 amide bonds. The average Bonchev–Trinajstić information content (AvgIpc) is 2.29. The molecule has 0 saturated heterocycles. The Labute approximate surface area is 123 Å². The minimum absolute atomic E-state index is 0.103. The second-order valence-electron chi connectivity index (χ2n) is 6.83. The molecule has 0 aromatic rings. The molecule has 0 aromatic heterocycles. The topological polar surface area (TPSA) is 58.2 Å². The van der Waals surface area contributed by atoms with Crippen LogP contribution in [0.25, 0.3) is 0 Å². The number of carbonyl (C=O) groups is 2. The molecule has 1 aliphatic carbocycles. The molecule has 2 N–H and O–H groups in total. The lowest BCUT2D eigenvalue weighted by molar-refractivity contribution is -0.125. The molecule has 0 radical (unpaired) electrons. The van der Waals surface area contributed by atoms with Crippen LogP contribution in [0, 0.1) is 11.8 Å². The summed E-state index contributed by atoms with van der Waals surface area (Å²) in [5, 5.41) is 6.21. The van der Waals surface area contributed by atoms with Crippen LogP contribution in [0.15, 0.2) is 0 Å². The van der Waals surface area contributed by atoms with Gasteiger partial charge in [-0.3, -0.25) is 9.59 Å². The zero-order valence-electron chi connectivity index (χ0n) is 13.4. The third kappa shape index (κ3) is 6.40. The van der Waals surface area contributed by atoms with Crippen molar-refractivity contribution in [1.82, 2.24) is 10.6 Å². The molecular weight excluding hydrogens is 252 g/mol. The second-order valence-corrected chi connectivity index (χ2v) is 6.83. The van der Waals surface area contributed by atoms with Crippen LogP contribution in [0.2, 0.25) is 0 Å². The Kier molecular flexibility index (Phi) is 7.03. The zero-order chi connectivity index (χ0) is 15.1. The van der Waals surface area contributed by atoms with E-state index in [1.54, 1.807) is 0 Å². The molecule has 0 spiro atoms. The Balaban J connectivity index is 2.49. The van der Waals surface area contributed by atoms with Crippen LogP contribution < -0.4 is 10.6 Å². The van der Waals surface area contributed by atoms with Crippen molar-refractivity contribution in [2.75, 3.05) is 0 Å². The number of rotatable bonds is 6. The van der Waals surface area contributed by atoms with E-state index in [9.17, 15) is 9.59 Å². The van der Waals surface area contributed by atoms with Crippen molar-refractivity contribution >= 4 is 11.8 Å². The van der Waals surface area contributed by atoms with Gasteiger partial charge in [0, 0.05) is 24.9 Å². The fraction of sp³-hybridized carbons (Fsp3) is 0.875. The summed E-state index contributed by atoms with van der Waals surface area (Å²) in [4.78, 5) is 23.8. The Morgan fingerprint density at radius 3 is 1.50 bits per heavy atom. The van der Waals surface area contributed by atoms with Gasteiger partial charge in [0.15, 0.2) is 0 Å². The Hall–Kier alpha value is -1.06. The SMILES string of the molecule is CC(C)CC(=O)N[C@@H]1CCCC[C@H]1NC(=O)CC(C)C. The van der Waals surface area contributed by atoms with Gasteiger partial charge < -0.3 is 10.6 Å². The molecule has 1 saturated carbocycles. The highest BCUT2D eigenvalue weighted by Gasteiger charge is 2.27. The van der Waals surface area contributed by atoms with Gasteiger partial charge >= 0.3 is 0 Å². The minimum atomic E-state index is 0.103. The Morgan fingerprint density at radius 2 is 1.20 bits per heavy atom. The second kappa shape index (κ2) is 8.28. The maximum atomic E-state index is 11.9. The highest BCUT2D eigenvalue weighted by molar-refractivity contribution is 5.78. The molecule has 4 nitrogen and oxygen atoms in total. The lowest BCUT2D eigenvalue weighted by Crippen LogP contribution is -2.53. The van der Waals surface area contributed by atoms with Crippen molar-refractivity contribution in [3.05, 3.63) is 0 Å². The smallest absolute Gasteiger partial charge is 0.220 e. The standard InChI is InChI=1S/C16H30N2O2/c1-11(2)9-15(19)17-13-7-5-6-8-14(13)18-16(20)10-12(3)4/h11-14H,5-10H2,1-4H3,(H,17,19)(H,18,20)/t13-,14-/m1/s1. The van der Waals surface area contributed by atoms with Crippen LogP contribution in [0.4, 0.5) is 0 Å². The third-order valence-electron chi connectivity index (χ3n) is 3.65. The molecule has 0 unspecified atom stereocenters. The number of nitrogens with one attached hydrogen (secondary N) is 2. The predicted octanol–water partition coefficient (Wildman–Crippen LogP) is 2.62. The fourth-order valence-corrected chi connectivity index (χ4v) is 2.75. The zero-order valence-corrected chi connectivity index (χ0v) is 13.4. The third-order valence-corrected chi connectivity index (χ3v) is 3.65. The highest BCUT2D eigenvalue weighted by Crippen LogP contribution is 2.19. The van der Waals surface area contributed by atoms with E-state index in [1.807, 2.05) is 27.7 Å². The molecule has 0 aromatic carbocycles. The van der Waals surface area contributed by atoms with Gasteiger partial charge in [0.2, 0.25) is 11.8 Å². The van der Waals surface area contributed by atoms with Gasteiger partial charge in [-0.25, -0.2) is 0 Å². The van der Waals surface area contributed by atoms with Crippen LogP contribution in [-0.4, -0.2) is 23.9 Å². The quantitative estimate of drug-likeness (QED) is 0.787. The molecule has 1 aliphatic rings. The van der Waals surface area contributed by atoms with Gasteiger partial charge in [-0.1, -0.05) is 40.5 Å². The van der Waals surface area contributed by atoms with E-state index >= 15 is 0 Å². The van der Waals surface area contributed by atoms with E-state index < -0.39 is 0 Å². The number of hydrogen-bond donors (Lipinski definition) is 2. The molecular formula is C16H30N2O2. The molecule has 20 heavy (non-hydrogen) atoms. The molecule has 0 bridgehead atoms. The van der Waals surface area contributed by atoms with Crippen molar-refractivity contribution in [2.24, 2.45) is 11.8 Å². The molecule has 1 rings (SSSR count). The summed E-state index contributed by atoms with van der Waals surface area (Å²) in [5.74, 6) is 0.949. The van der Waals surface area contributed by atoms with Crippen LogP contribution in [0.5, 0.6) is 0 Å². The maximum absolute atomic E-state index is 11.9. The van der Waals surface area contributed by atoms with Gasteiger partial charge in [0.25, 0.3) is 0 Å². The first-order chi connectivity index (χ1) is 9.38. The van der Waals surface area contributed by atoms with Crippen molar-refractivity contribution in [3.63, 3.8) is 0 Å². The lowest BCUT2D eigenvalue weighted by Gasteiger charge is -2.33. The normalized spacial score (nSPS) is 22.9. The fourth-order valence-electron chi connectivity index (χ4n) is 2.75. The largest absolute Gasteiger partial charge is 0.351 e. The van der Waals surface area contributed by atoms with Crippen LogP contribution >= 0.6 is 0 Å². The van der Waals surface area contributed by atoms with Gasteiger partial charge in [0.05, 0.1) is 0 Å². The monoisotopic (exact) mass is 282 g/mol. The Bertz CT molecular complexity index is 294. The van der Waals surface area contributed by atoms with E-state index in [1.165, 1.54) is 0 Å². The van der Waals surface area contributed by atoms with Crippen LogP contribution in [0.3, 0.4) is 0 Å².